The maximum absolute atomic E-state index is 2.65. The van der Waals surface area contributed by atoms with Gasteiger partial charge in [-0.1, -0.05) is 80.7 Å². The average molecular weight is 266 g/mol. The predicted octanol–water partition coefficient (Wildman–Crippen LogP) is 5.30. The van der Waals surface area contributed by atoms with Gasteiger partial charge in [0.15, 0.2) is 0 Å². The first-order valence-electron chi connectivity index (χ1n) is 8.57. The molecule has 0 heterocycles. The van der Waals surface area contributed by atoms with Gasteiger partial charge in [-0.2, -0.15) is 0 Å². The summed E-state index contributed by atoms with van der Waals surface area (Å²) in [4.78, 5) is 0. The van der Waals surface area contributed by atoms with Crippen molar-refractivity contribution in [3.63, 3.8) is 0 Å². The van der Waals surface area contributed by atoms with E-state index in [-0.39, 0.29) is 0 Å². The first-order valence-corrected chi connectivity index (χ1v) is 8.57. The molecule has 0 heteroatoms. The minimum Gasteiger partial charge on any atom is -0.0805 e. The summed E-state index contributed by atoms with van der Waals surface area (Å²) in [6.07, 6.45) is 24.2. The number of fused-ring (bicyclic) bond motifs is 3. The number of allylic oxidation sites excluding steroid dienone is 8. The van der Waals surface area contributed by atoms with Gasteiger partial charge in [-0.05, 0) is 41.9 Å². The molecule has 0 spiro atoms. The molecule has 0 saturated heterocycles. The molecule has 0 aromatic carbocycles. The van der Waals surface area contributed by atoms with Crippen molar-refractivity contribution >= 4 is 0 Å². The summed E-state index contributed by atoms with van der Waals surface area (Å²) in [5, 5.41) is 0. The second-order valence-corrected chi connectivity index (χ2v) is 7.39. The summed E-state index contributed by atoms with van der Waals surface area (Å²) in [5.74, 6) is 4.82. The van der Waals surface area contributed by atoms with Crippen molar-refractivity contribution in [2.75, 3.05) is 0 Å². The van der Waals surface area contributed by atoms with Crippen LogP contribution < -0.4 is 0 Å². The van der Waals surface area contributed by atoms with E-state index in [0.29, 0.717) is 0 Å². The van der Waals surface area contributed by atoms with Crippen molar-refractivity contribution in [2.24, 2.45) is 35.5 Å². The molecular weight excluding hydrogens is 240 g/mol. The largest absolute Gasteiger partial charge is 0.0805 e. The molecule has 0 bridgehead atoms. The molecule has 0 aliphatic heterocycles. The van der Waals surface area contributed by atoms with Crippen LogP contribution in [0.4, 0.5) is 0 Å². The maximum Gasteiger partial charge on any atom is -0.00955 e. The fraction of sp³-hybridized carbons (Fsp3) is 0.600. The zero-order chi connectivity index (χ0) is 13.5. The Hall–Kier alpha value is -1.04. The zero-order valence-corrected chi connectivity index (χ0v) is 12.5. The Morgan fingerprint density at radius 2 is 1.60 bits per heavy atom. The van der Waals surface area contributed by atoms with Gasteiger partial charge in [0, 0.05) is 0 Å². The van der Waals surface area contributed by atoms with E-state index in [1.807, 2.05) is 0 Å². The first kappa shape index (κ1) is 12.7. The van der Waals surface area contributed by atoms with E-state index in [2.05, 4.69) is 49.5 Å². The van der Waals surface area contributed by atoms with Gasteiger partial charge in [0.2, 0.25) is 0 Å². The molecule has 0 aromatic rings. The highest BCUT2D eigenvalue weighted by atomic mass is 14.5. The molecule has 0 radical (unpaired) electrons. The second-order valence-electron chi connectivity index (χ2n) is 7.39. The highest BCUT2D eigenvalue weighted by molar-refractivity contribution is 5.33. The van der Waals surface area contributed by atoms with Crippen molar-refractivity contribution in [3.05, 3.63) is 48.1 Å². The lowest BCUT2D eigenvalue weighted by Gasteiger charge is -2.25. The predicted molar refractivity (Wildman–Crippen MR) is 85.2 cm³/mol. The van der Waals surface area contributed by atoms with E-state index in [1.165, 1.54) is 32.1 Å². The molecule has 2 saturated carbocycles. The van der Waals surface area contributed by atoms with Crippen LogP contribution in [0, 0.1) is 35.5 Å². The molecule has 4 aliphatic carbocycles. The van der Waals surface area contributed by atoms with E-state index in [4.69, 9.17) is 0 Å². The number of hydrogen-bond donors (Lipinski definition) is 0. The van der Waals surface area contributed by atoms with Gasteiger partial charge in [0.25, 0.3) is 0 Å². The van der Waals surface area contributed by atoms with E-state index < -0.39 is 0 Å². The Morgan fingerprint density at radius 1 is 0.900 bits per heavy atom. The molecule has 20 heavy (non-hydrogen) atoms. The lowest BCUT2D eigenvalue weighted by Crippen LogP contribution is -2.16. The highest BCUT2D eigenvalue weighted by Crippen LogP contribution is 2.51. The fourth-order valence-corrected chi connectivity index (χ4v) is 5.16. The molecule has 106 valence electrons. The van der Waals surface area contributed by atoms with Crippen molar-refractivity contribution in [1.29, 1.82) is 0 Å². The van der Waals surface area contributed by atoms with E-state index >= 15 is 0 Å². The van der Waals surface area contributed by atoms with Gasteiger partial charge in [0.1, 0.15) is 0 Å². The van der Waals surface area contributed by atoms with Crippen LogP contribution in [0.2, 0.25) is 0 Å². The van der Waals surface area contributed by atoms with Crippen LogP contribution in [-0.4, -0.2) is 0 Å². The van der Waals surface area contributed by atoms with Gasteiger partial charge in [-0.3, -0.25) is 0 Å². The maximum atomic E-state index is 2.65. The summed E-state index contributed by atoms with van der Waals surface area (Å²) >= 11 is 0. The van der Waals surface area contributed by atoms with E-state index in [1.54, 1.807) is 5.57 Å². The molecule has 4 aliphatic rings. The standard InChI is InChI=1S/C20H26/c1-14-17-8-4-5-9-18(17)19-11-10-16(13-20(14)19)12-15-6-2-3-7-15/h4-5,8-11,13-15,17-20H,2-3,6-7,12H2,1H3. The highest BCUT2D eigenvalue weighted by Gasteiger charge is 2.45. The van der Waals surface area contributed by atoms with Gasteiger partial charge in [-0.15, -0.1) is 0 Å². The Kier molecular flexibility index (Phi) is 3.21. The Balaban J connectivity index is 1.54. The van der Waals surface area contributed by atoms with Crippen LogP contribution in [-0.2, 0) is 0 Å². The third kappa shape index (κ3) is 2.05. The van der Waals surface area contributed by atoms with Crippen LogP contribution in [0.1, 0.15) is 39.0 Å². The quantitative estimate of drug-likeness (QED) is 0.636. The summed E-state index contributed by atoms with van der Waals surface area (Å²) in [5.41, 5.74) is 1.64. The van der Waals surface area contributed by atoms with Gasteiger partial charge in [0.05, 0.1) is 0 Å². The SMILES string of the molecule is CC1C2C=CC=CC2C2C=CC(CC3CCCC3)=CC12. The lowest BCUT2D eigenvalue weighted by molar-refractivity contribution is 0.411. The molecule has 0 N–H and O–H groups in total. The summed E-state index contributed by atoms with van der Waals surface area (Å²) in [7, 11) is 0. The fourth-order valence-electron chi connectivity index (χ4n) is 5.16. The van der Waals surface area contributed by atoms with E-state index in [0.717, 1.165) is 35.5 Å². The third-order valence-electron chi connectivity index (χ3n) is 6.26. The molecule has 0 nitrogen and oxygen atoms in total. The van der Waals surface area contributed by atoms with Crippen LogP contribution in [0.15, 0.2) is 48.1 Å². The van der Waals surface area contributed by atoms with E-state index in [9.17, 15) is 0 Å². The molecule has 5 atom stereocenters. The van der Waals surface area contributed by atoms with Crippen molar-refractivity contribution < 1.29 is 0 Å². The molecule has 5 unspecified atom stereocenters. The van der Waals surface area contributed by atoms with Crippen molar-refractivity contribution in [2.45, 2.75) is 39.0 Å². The first-order chi connectivity index (χ1) is 9.83. The van der Waals surface area contributed by atoms with Crippen LogP contribution in [0.5, 0.6) is 0 Å². The monoisotopic (exact) mass is 266 g/mol. The molecular formula is C20H26. The summed E-state index contributed by atoms with van der Waals surface area (Å²) in [6, 6.07) is 0. The molecule has 0 aromatic heterocycles. The topological polar surface area (TPSA) is 0 Å². The van der Waals surface area contributed by atoms with Crippen LogP contribution in [0.3, 0.4) is 0 Å². The number of hydrogen-bond acceptors (Lipinski definition) is 0. The molecule has 2 fully saturated rings. The normalized spacial score (nSPS) is 42.6. The Labute approximate surface area is 123 Å². The molecule has 4 rings (SSSR count). The third-order valence-corrected chi connectivity index (χ3v) is 6.26. The van der Waals surface area contributed by atoms with Crippen LogP contribution in [0.25, 0.3) is 0 Å². The molecule has 0 amide bonds. The van der Waals surface area contributed by atoms with Crippen LogP contribution >= 0.6 is 0 Å². The van der Waals surface area contributed by atoms with Gasteiger partial charge in [-0.25, -0.2) is 0 Å². The summed E-state index contributed by atoms with van der Waals surface area (Å²) < 4.78 is 0. The van der Waals surface area contributed by atoms with Crippen molar-refractivity contribution in [1.82, 2.24) is 0 Å². The minimum absolute atomic E-state index is 0.750. The van der Waals surface area contributed by atoms with Crippen molar-refractivity contribution in [3.8, 4) is 0 Å². The lowest BCUT2D eigenvalue weighted by atomic mass is 9.80. The smallest absolute Gasteiger partial charge is 0.00955 e. The zero-order valence-electron chi connectivity index (χ0n) is 12.5. The second kappa shape index (κ2) is 5.06. The minimum atomic E-state index is 0.750. The Morgan fingerprint density at radius 3 is 2.40 bits per heavy atom. The average Bonchev–Trinajstić information content (AvgIpc) is 3.08. The van der Waals surface area contributed by atoms with Gasteiger partial charge < -0.3 is 0 Å². The van der Waals surface area contributed by atoms with Gasteiger partial charge >= 0.3 is 0 Å². The number of rotatable bonds is 2. The Bertz CT molecular complexity index is 484. The summed E-state index contributed by atoms with van der Waals surface area (Å²) in [6.45, 7) is 2.47.